The highest BCUT2D eigenvalue weighted by Crippen LogP contribution is 2.22. The van der Waals surface area contributed by atoms with Gasteiger partial charge >= 0.3 is 0 Å². The molecule has 1 fully saturated rings. The number of aromatic nitrogens is 3. The molecule has 0 saturated carbocycles. The van der Waals surface area contributed by atoms with Crippen molar-refractivity contribution in [3.8, 4) is 0 Å². The summed E-state index contributed by atoms with van der Waals surface area (Å²) in [6, 6.07) is 4.97. The summed E-state index contributed by atoms with van der Waals surface area (Å²) in [6.45, 7) is 5.16. The molecule has 2 aromatic heterocycles. The first-order valence-corrected chi connectivity index (χ1v) is 7.85. The fourth-order valence-electron chi connectivity index (χ4n) is 2.98. The molecule has 0 spiro atoms. The second kappa shape index (κ2) is 6.78. The highest BCUT2D eigenvalue weighted by atomic mass is 16.2. The van der Waals surface area contributed by atoms with Gasteiger partial charge in [-0.15, -0.1) is 0 Å². The number of likely N-dealkylation sites (N-methyl/N-ethyl adjacent to an activating group) is 1. The molecule has 3 rings (SSSR count). The monoisotopic (exact) mass is 315 g/mol. The molecular formula is C16H21N5O2. The fraction of sp³-hybridized carbons (Fsp3) is 0.438. The Morgan fingerprint density at radius 3 is 2.96 bits per heavy atom. The smallest absolute Gasteiger partial charge is 0.250 e. The topological polar surface area (TPSA) is 74.2 Å². The van der Waals surface area contributed by atoms with E-state index in [1.807, 2.05) is 4.90 Å². The third-order valence-corrected chi connectivity index (χ3v) is 4.29. The SMILES string of the molecule is CCN1CCN(C(=O)Cn2ccccc2=O)CC1c1ncc[nH]1. The van der Waals surface area contributed by atoms with Crippen molar-refractivity contribution in [2.75, 3.05) is 26.2 Å². The van der Waals surface area contributed by atoms with Crippen LogP contribution < -0.4 is 5.56 Å². The quantitative estimate of drug-likeness (QED) is 0.890. The zero-order chi connectivity index (χ0) is 16.2. The second-order valence-corrected chi connectivity index (χ2v) is 5.63. The Hall–Kier alpha value is -2.41. The number of aromatic amines is 1. The molecule has 0 aromatic carbocycles. The zero-order valence-electron chi connectivity index (χ0n) is 13.2. The number of hydrogen-bond acceptors (Lipinski definition) is 4. The summed E-state index contributed by atoms with van der Waals surface area (Å²) in [4.78, 5) is 35.9. The minimum atomic E-state index is -0.157. The van der Waals surface area contributed by atoms with Gasteiger partial charge in [-0.3, -0.25) is 14.5 Å². The van der Waals surface area contributed by atoms with Crippen LogP contribution in [0.2, 0.25) is 0 Å². The average molecular weight is 315 g/mol. The van der Waals surface area contributed by atoms with E-state index in [0.29, 0.717) is 13.1 Å². The molecule has 23 heavy (non-hydrogen) atoms. The first-order valence-electron chi connectivity index (χ1n) is 7.85. The minimum Gasteiger partial charge on any atom is -0.347 e. The van der Waals surface area contributed by atoms with Gasteiger partial charge in [0.15, 0.2) is 0 Å². The Kier molecular flexibility index (Phi) is 4.57. The van der Waals surface area contributed by atoms with Crippen molar-refractivity contribution >= 4 is 5.91 Å². The third kappa shape index (κ3) is 3.34. The van der Waals surface area contributed by atoms with E-state index in [4.69, 9.17) is 0 Å². The molecule has 1 unspecified atom stereocenters. The number of carbonyl (C=O) groups is 1. The molecule has 0 radical (unpaired) electrons. The van der Waals surface area contributed by atoms with E-state index in [1.54, 1.807) is 30.7 Å². The largest absolute Gasteiger partial charge is 0.347 e. The number of amides is 1. The third-order valence-electron chi connectivity index (χ3n) is 4.29. The van der Waals surface area contributed by atoms with Crippen LogP contribution in [0.15, 0.2) is 41.6 Å². The maximum Gasteiger partial charge on any atom is 0.250 e. The summed E-state index contributed by atoms with van der Waals surface area (Å²) >= 11 is 0. The highest BCUT2D eigenvalue weighted by Gasteiger charge is 2.31. The van der Waals surface area contributed by atoms with Gasteiger partial charge in [0, 0.05) is 44.3 Å². The van der Waals surface area contributed by atoms with Crippen LogP contribution in [0.3, 0.4) is 0 Å². The van der Waals surface area contributed by atoms with Gasteiger partial charge in [0.1, 0.15) is 12.4 Å². The van der Waals surface area contributed by atoms with Crippen molar-refractivity contribution in [3.05, 3.63) is 53.0 Å². The molecule has 0 aliphatic carbocycles. The van der Waals surface area contributed by atoms with E-state index in [-0.39, 0.29) is 24.1 Å². The second-order valence-electron chi connectivity index (χ2n) is 5.63. The summed E-state index contributed by atoms with van der Waals surface area (Å²) in [5.41, 5.74) is -0.157. The first kappa shape index (κ1) is 15.5. The Morgan fingerprint density at radius 2 is 2.26 bits per heavy atom. The molecular weight excluding hydrogens is 294 g/mol. The number of piperazine rings is 1. The normalized spacial score (nSPS) is 19.0. The number of H-pyrrole nitrogens is 1. The number of imidazole rings is 1. The van der Waals surface area contributed by atoms with E-state index >= 15 is 0 Å². The van der Waals surface area contributed by atoms with Crippen LogP contribution in [0.4, 0.5) is 0 Å². The predicted octanol–water partition coefficient (Wildman–Crippen LogP) is 0.477. The lowest BCUT2D eigenvalue weighted by atomic mass is 10.1. The lowest BCUT2D eigenvalue weighted by Crippen LogP contribution is -2.51. The maximum atomic E-state index is 12.5. The predicted molar refractivity (Wildman–Crippen MR) is 85.9 cm³/mol. The standard InChI is InChI=1S/C16H21N5O2/c1-2-19-9-10-21(11-13(19)16-17-6-7-18-16)15(23)12-20-8-4-3-5-14(20)22/h3-8,13H,2,9-12H2,1H3,(H,17,18). The number of nitrogens with zero attached hydrogens (tertiary/aromatic N) is 4. The van der Waals surface area contributed by atoms with Gasteiger partial charge in [-0.05, 0) is 12.6 Å². The maximum absolute atomic E-state index is 12.5. The van der Waals surface area contributed by atoms with Crippen molar-refractivity contribution < 1.29 is 4.79 Å². The van der Waals surface area contributed by atoms with Gasteiger partial charge in [-0.25, -0.2) is 4.98 Å². The summed E-state index contributed by atoms with van der Waals surface area (Å²) in [7, 11) is 0. The number of hydrogen-bond donors (Lipinski definition) is 1. The van der Waals surface area contributed by atoms with Gasteiger partial charge in [0.25, 0.3) is 5.56 Å². The Morgan fingerprint density at radius 1 is 1.39 bits per heavy atom. The molecule has 2 aromatic rings. The molecule has 7 nitrogen and oxygen atoms in total. The lowest BCUT2D eigenvalue weighted by molar-refractivity contribution is -0.135. The van der Waals surface area contributed by atoms with Gasteiger partial charge in [-0.2, -0.15) is 0 Å². The van der Waals surface area contributed by atoms with Crippen LogP contribution >= 0.6 is 0 Å². The highest BCUT2D eigenvalue weighted by molar-refractivity contribution is 5.76. The zero-order valence-corrected chi connectivity index (χ0v) is 13.2. The minimum absolute atomic E-state index is 0.0365. The molecule has 7 heteroatoms. The molecule has 1 N–H and O–H groups in total. The molecule has 122 valence electrons. The molecule has 1 aliphatic rings. The van der Waals surface area contributed by atoms with E-state index in [9.17, 15) is 9.59 Å². The van der Waals surface area contributed by atoms with E-state index in [2.05, 4.69) is 21.8 Å². The molecule has 1 amide bonds. The van der Waals surface area contributed by atoms with Gasteiger partial charge in [-0.1, -0.05) is 13.0 Å². The number of nitrogens with one attached hydrogen (secondary N) is 1. The van der Waals surface area contributed by atoms with Crippen molar-refractivity contribution in [2.45, 2.75) is 19.5 Å². The van der Waals surface area contributed by atoms with Crippen LogP contribution in [0.5, 0.6) is 0 Å². The molecule has 0 bridgehead atoms. The summed E-state index contributed by atoms with van der Waals surface area (Å²) in [5.74, 6) is 0.840. The number of pyridine rings is 1. The van der Waals surface area contributed by atoms with Crippen LogP contribution in [0.1, 0.15) is 18.8 Å². The fourth-order valence-corrected chi connectivity index (χ4v) is 2.98. The van der Waals surface area contributed by atoms with Crippen LogP contribution in [0, 0.1) is 0 Å². The summed E-state index contributed by atoms with van der Waals surface area (Å²) in [6.07, 6.45) is 5.17. The first-order chi connectivity index (χ1) is 11.2. The summed E-state index contributed by atoms with van der Waals surface area (Å²) in [5, 5.41) is 0. The Bertz CT molecular complexity index is 709. The van der Waals surface area contributed by atoms with Gasteiger partial charge in [0.2, 0.25) is 5.91 Å². The summed E-state index contributed by atoms with van der Waals surface area (Å²) < 4.78 is 1.44. The molecule has 1 saturated heterocycles. The number of carbonyl (C=O) groups excluding carboxylic acids is 1. The Labute approximate surface area is 134 Å². The van der Waals surface area contributed by atoms with E-state index in [0.717, 1.165) is 18.9 Å². The van der Waals surface area contributed by atoms with Gasteiger partial charge < -0.3 is 14.5 Å². The molecule has 3 heterocycles. The number of rotatable bonds is 4. The Balaban J connectivity index is 1.72. The van der Waals surface area contributed by atoms with Crippen LogP contribution in [-0.4, -0.2) is 56.4 Å². The van der Waals surface area contributed by atoms with Crippen molar-refractivity contribution in [1.29, 1.82) is 0 Å². The van der Waals surface area contributed by atoms with Crippen LogP contribution in [0.25, 0.3) is 0 Å². The molecule has 1 aliphatic heterocycles. The average Bonchev–Trinajstić information content (AvgIpc) is 3.10. The van der Waals surface area contributed by atoms with E-state index < -0.39 is 0 Å². The van der Waals surface area contributed by atoms with Crippen molar-refractivity contribution in [3.63, 3.8) is 0 Å². The van der Waals surface area contributed by atoms with Gasteiger partial charge in [0.05, 0.1) is 6.04 Å². The lowest BCUT2D eigenvalue weighted by Gasteiger charge is -2.40. The van der Waals surface area contributed by atoms with E-state index in [1.165, 1.54) is 10.6 Å². The van der Waals surface area contributed by atoms with Crippen molar-refractivity contribution in [2.24, 2.45) is 0 Å². The molecule has 1 atom stereocenters. The van der Waals surface area contributed by atoms with Crippen LogP contribution in [-0.2, 0) is 11.3 Å². The van der Waals surface area contributed by atoms with Crippen molar-refractivity contribution in [1.82, 2.24) is 24.3 Å².